The van der Waals surface area contributed by atoms with E-state index in [9.17, 15) is 9.59 Å². The first-order valence-electron chi connectivity index (χ1n) is 8.27. The van der Waals surface area contributed by atoms with Gasteiger partial charge in [0.15, 0.2) is 0 Å². The van der Waals surface area contributed by atoms with Crippen molar-refractivity contribution in [3.8, 4) is 0 Å². The Morgan fingerprint density at radius 2 is 2.00 bits per heavy atom. The summed E-state index contributed by atoms with van der Waals surface area (Å²) in [6.45, 7) is 2.33. The summed E-state index contributed by atoms with van der Waals surface area (Å²) in [7, 11) is 1.62. The number of methoxy groups -OCH3 is 1. The molecule has 25 heavy (non-hydrogen) atoms. The van der Waals surface area contributed by atoms with Gasteiger partial charge in [-0.1, -0.05) is 42.5 Å². The number of hydrogen-bond acceptors (Lipinski definition) is 3. The van der Waals surface area contributed by atoms with Crippen molar-refractivity contribution in [2.75, 3.05) is 19.0 Å². The maximum Gasteiger partial charge on any atom is 0.228 e. The van der Waals surface area contributed by atoms with Crippen molar-refractivity contribution in [3.63, 3.8) is 0 Å². The molecule has 1 heterocycles. The molecule has 2 aromatic rings. The van der Waals surface area contributed by atoms with E-state index in [-0.39, 0.29) is 18.2 Å². The molecule has 0 aromatic heterocycles. The number of carbonyl (C=O) groups is 2. The lowest BCUT2D eigenvalue weighted by molar-refractivity contribution is -0.123. The van der Waals surface area contributed by atoms with E-state index in [0.29, 0.717) is 13.0 Å². The lowest BCUT2D eigenvalue weighted by Crippen LogP contribution is -2.47. The van der Waals surface area contributed by atoms with E-state index in [4.69, 9.17) is 4.74 Å². The first kappa shape index (κ1) is 17.2. The monoisotopic (exact) mass is 338 g/mol. The molecule has 130 valence electrons. The molecule has 0 spiro atoms. The second-order valence-corrected chi connectivity index (χ2v) is 6.57. The molecule has 1 aliphatic heterocycles. The molecular formula is C20H22N2O3. The SMILES string of the molecule is COC[C@@](C)(NC(=O)Cc1ccc2c(c1)NC(=O)C2)c1ccccc1. The molecule has 3 rings (SSSR count). The molecule has 5 nitrogen and oxygen atoms in total. The summed E-state index contributed by atoms with van der Waals surface area (Å²) in [6, 6.07) is 15.5. The van der Waals surface area contributed by atoms with Crippen molar-refractivity contribution >= 4 is 17.5 Å². The highest BCUT2D eigenvalue weighted by atomic mass is 16.5. The van der Waals surface area contributed by atoms with E-state index in [0.717, 1.165) is 22.4 Å². The fourth-order valence-electron chi connectivity index (χ4n) is 3.20. The van der Waals surface area contributed by atoms with Crippen molar-refractivity contribution in [2.45, 2.75) is 25.3 Å². The van der Waals surface area contributed by atoms with Gasteiger partial charge in [-0.05, 0) is 29.7 Å². The third-order valence-electron chi connectivity index (χ3n) is 4.42. The number of benzene rings is 2. The molecule has 2 amide bonds. The zero-order valence-electron chi connectivity index (χ0n) is 14.5. The Morgan fingerprint density at radius 1 is 1.24 bits per heavy atom. The van der Waals surface area contributed by atoms with Gasteiger partial charge in [0.1, 0.15) is 0 Å². The van der Waals surface area contributed by atoms with E-state index in [1.165, 1.54) is 0 Å². The zero-order chi connectivity index (χ0) is 17.9. The van der Waals surface area contributed by atoms with E-state index in [1.54, 1.807) is 7.11 Å². The predicted molar refractivity (Wildman–Crippen MR) is 96.3 cm³/mol. The quantitative estimate of drug-likeness (QED) is 0.850. The number of rotatable bonds is 6. The Bertz CT molecular complexity index is 789. The van der Waals surface area contributed by atoms with Crippen LogP contribution in [0.25, 0.3) is 0 Å². The number of amides is 2. The fraction of sp³-hybridized carbons (Fsp3) is 0.300. The van der Waals surface area contributed by atoms with Crippen molar-refractivity contribution in [1.82, 2.24) is 5.32 Å². The molecule has 0 saturated heterocycles. The summed E-state index contributed by atoms with van der Waals surface area (Å²) in [5, 5.41) is 5.90. The molecule has 1 atom stereocenters. The minimum Gasteiger partial charge on any atom is -0.382 e. The van der Waals surface area contributed by atoms with Gasteiger partial charge in [0.25, 0.3) is 0 Å². The fourth-order valence-corrected chi connectivity index (χ4v) is 3.20. The minimum atomic E-state index is -0.599. The molecule has 2 aromatic carbocycles. The van der Waals surface area contributed by atoms with E-state index >= 15 is 0 Å². The summed E-state index contributed by atoms with van der Waals surface area (Å²) < 4.78 is 5.32. The van der Waals surface area contributed by atoms with Gasteiger partial charge in [-0.25, -0.2) is 0 Å². The highest BCUT2D eigenvalue weighted by Crippen LogP contribution is 2.25. The summed E-state index contributed by atoms with van der Waals surface area (Å²) in [6.07, 6.45) is 0.650. The summed E-state index contributed by atoms with van der Waals surface area (Å²) in [4.78, 5) is 24.0. The minimum absolute atomic E-state index is 0.00616. The smallest absolute Gasteiger partial charge is 0.228 e. The van der Waals surface area contributed by atoms with Gasteiger partial charge in [0.05, 0.1) is 25.0 Å². The Morgan fingerprint density at radius 3 is 2.72 bits per heavy atom. The maximum atomic E-state index is 12.6. The maximum absolute atomic E-state index is 12.6. The molecule has 0 bridgehead atoms. The number of ether oxygens (including phenoxy) is 1. The van der Waals surface area contributed by atoms with Gasteiger partial charge in [-0.2, -0.15) is 0 Å². The molecular weight excluding hydrogens is 316 g/mol. The number of anilines is 1. The Balaban J connectivity index is 1.72. The topological polar surface area (TPSA) is 67.4 Å². The average Bonchev–Trinajstić information content (AvgIpc) is 2.95. The van der Waals surface area contributed by atoms with Crippen LogP contribution in [0.4, 0.5) is 5.69 Å². The van der Waals surface area contributed by atoms with Crippen LogP contribution < -0.4 is 10.6 Å². The number of fused-ring (bicyclic) bond motifs is 1. The second kappa shape index (κ2) is 7.07. The first-order chi connectivity index (χ1) is 12.0. The third kappa shape index (κ3) is 3.88. The zero-order valence-corrected chi connectivity index (χ0v) is 14.5. The highest BCUT2D eigenvalue weighted by Gasteiger charge is 2.28. The van der Waals surface area contributed by atoms with E-state index in [1.807, 2.05) is 55.5 Å². The summed E-state index contributed by atoms with van der Waals surface area (Å²) in [5.74, 6) is -0.0963. The predicted octanol–water partition coefficient (Wildman–Crippen LogP) is 2.40. The Hall–Kier alpha value is -2.66. The van der Waals surface area contributed by atoms with Gasteiger partial charge in [-0.15, -0.1) is 0 Å². The largest absolute Gasteiger partial charge is 0.382 e. The van der Waals surface area contributed by atoms with Crippen LogP contribution in [0.1, 0.15) is 23.6 Å². The molecule has 0 unspecified atom stereocenters. The number of hydrogen-bond donors (Lipinski definition) is 2. The second-order valence-electron chi connectivity index (χ2n) is 6.57. The van der Waals surface area contributed by atoms with Gasteiger partial charge in [-0.3, -0.25) is 9.59 Å². The standard InChI is InChI=1S/C20H22N2O3/c1-20(13-25-2,16-6-4-3-5-7-16)22-19(24)11-14-8-9-15-12-18(23)21-17(15)10-14/h3-10H,11-13H2,1-2H3,(H,21,23)(H,22,24)/t20-/m1/s1. The van der Waals surface area contributed by atoms with Crippen molar-refractivity contribution < 1.29 is 14.3 Å². The van der Waals surface area contributed by atoms with Gasteiger partial charge < -0.3 is 15.4 Å². The number of carbonyl (C=O) groups excluding carboxylic acids is 2. The van der Waals surface area contributed by atoms with Crippen molar-refractivity contribution in [2.24, 2.45) is 0 Å². The summed E-state index contributed by atoms with van der Waals surface area (Å²) >= 11 is 0. The normalized spacial score (nSPS) is 15.2. The lowest BCUT2D eigenvalue weighted by Gasteiger charge is -2.31. The van der Waals surface area contributed by atoms with Crippen LogP contribution in [0.5, 0.6) is 0 Å². The van der Waals surface area contributed by atoms with Crippen LogP contribution in [0.2, 0.25) is 0 Å². The Labute approximate surface area is 147 Å². The van der Waals surface area contributed by atoms with Crippen LogP contribution in [-0.2, 0) is 32.7 Å². The molecule has 2 N–H and O–H groups in total. The van der Waals surface area contributed by atoms with E-state index in [2.05, 4.69) is 10.6 Å². The van der Waals surface area contributed by atoms with Gasteiger partial charge in [0, 0.05) is 12.8 Å². The highest BCUT2D eigenvalue weighted by molar-refractivity contribution is 5.99. The third-order valence-corrected chi connectivity index (χ3v) is 4.42. The first-order valence-corrected chi connectivity index (χ1v) is 8.27. The molecule has 1 aliphatic rings. The molecule has 0 saturated carbocycles. The van der Waals surface area contributed by atoms with Crippen molar-refractivity contribution in [1.29, 1.82) is 0 Å². The van der Waals surface area contributed by atoms with Crippen molar-refractivity contribution in [3.05, 3.63) is 65.2 Å². The van der Waals surface area contributed by atoms with Gasteiger partial charge in [0.2, 0.25) is 11.8 Å². The average molecular weight is 338 g/mol. The van der Waals surface area contributed by atoms with Crippen LogP contribution >= 0.6 is 0 Å². The van der Waals surface area contributed by atoms with Crippen LogP contribution in [0.15, 0.2) is 48.5 Å². The van der Waals surface area contributed by atoms with Crippen LogP contribution in [0.3, 0.4) is 0 Å². The van der Waals surface area contributed by atoms with E-state index < -0.39 is 5.54 Å². The molecule has 0 radical (unpaired) electrons. The summed E-state index contributed by atoms with van der Waals surface area (Å²) in [5.41, 5.74) is 3.04. The molecule has 0 aliphatic carbocycles. The Kier molecular flexibility index (Phi) is 4.86. The van der Waals surface area contributed by atoms with Crippen LogP contribution in [0, 0.1) is 0 Å². The molecule has 5 heteroatoms. The number of nitrogens with one attached hydrogen (secondary N) is 2. The van der Waals surface area contributed by atoms with Crippen LogP contribution in [-0.4, -0.2) is 25.5 Å². The molecule has 0 fully saturated rings. The lowest BCUT2D eigenvalue weighted by atomic mass is 9.92. The van der Waals surface area contributed by atoms with Gasteiger partial charge >= 0.3 is 0 Å².